The fraction of sp³-hybridized carbons (Fsp3) is 0.286. The van der Waals surface area contributed by atoms with E-state index in [4.69, 9.17) is 0 Å². The Labute approximate surface area is 96.9 Å². The second-order valence-corrected chi connectivity index (χ2v) is 4.08. The summed E-state index contributed by atoms with van der Waals surface area (Å²) in [7, 11) is 1.97. The van der Waals surface area contributed by atoms with Crippen molar-refractivity contribution >= 4 is 0 Å². The van der Waals surface area contributed by atoms with Gasteiger partial charge in [-0.25, -0.2) is 0 Å². The summed E-state index contributed by atoms with van der Waals surface area (Å²) in [5.74, 6) is 0. The first-order valence-electron chi connectivity index (χ1n) is 5.67. The zero-order valence-electron chi connectivity index (χ0n) is 9.85. The van der Waals surface area contributed by atoms with Crippen molar-refractivity contribution in [1.82, 2.24) is 9.88 Å². The molecule has 16 heavy (non-hydrogen) atoms. The van der Waals surface area contributed by atoms with E-state index in [1.807, 2.05) is 7.05 Å². The van der Waals surface area contributed by atoms with Gasteiger partial charge in [0.2, 0.25) is 0 Å². The topological polar surface area (TPSA) is 17.0 Å². The predicted octanol–water partition coefficient (Wildman–Crippen LogP) is 2.82. The molecule has 0 aliphatic rings. The van der Waals surface area contributed by atoms with E-state index in [2.05, 4.69) is 65.6 Å². The van der Waals surface area contributed by atoms with E-state index in [1.165, 1.54) is 11.1 Å². The molecule has 1 unspecified atom stereocenters. The molecule has 2 nitrogen and oxygen atoms in total. The van der Waals surface area contributed by atoms with Crippen molar-refractivity contribution in [2.75, 3.05) is 7.05 Å². The Kier molecular flexibility index (Phi) is 3.42. The lowest BCUT2D eigenvalue weighted by Gasteiger charge is -2.13. The van der Waals surface area contributed by atoms with Gasteiger partial charge in [0.1, 0.15) is 0 Å². The van der Waals surface area contributed by atoms with Gasteiger partial charge in [-0.05, 0) is 31.2 Å². The van der Waals surface area contributed by atoms with E-state index in [0.717, 1.165) is 6.54 Å². The van der Waals surface area contributed by atoms with Crippen LogP contribution in [-0.4, -0.2) is 11.6 Å². The van der Waals surface area contributed by atoms with Crippen molar-refractivity contribution in [1.29, 1.82) is 0 Å². The number of aromatic nitrogens is 1. The lowest BCUT2D eigenvalue weighted by Crippen LogP contribution is -2.06. The summed E-state index contributed by atoms with van der Waals surface area (Å²) in [5, 5.41) is 3.16. The molecule has 0 amide bonds. The predicted molar refractivity (Wildman–Crippen MR) is 67.5 cm³/mol. The van der Waals surface area contributed by atoms with Gasteiger partial charge in [-0.3, -0.25) is 0 Å². The number of hydrogen-bond acceptors (Lipinski definition) is 1. The molecule has 2 heteroatoms. The average molecular weight is 214 g/mol. The highest BCUT2D eigenvalue weighted by molar-refractivity contribution is 5.21. The third-order valence-electron chi connectivity index (χ3n) is 2.89. The highest BCUT2D eigenvalue weighted by Gasteiger charge is 2.06. The minimum atomic E-state index is 0.395. The van der Waals surface area contributed by atoms with E-state index in [1.54, 1.807) is 0 Å². The van der Waals surface area contributed by atoms with E-state index in [0.29, 0.717) is 6.04 Å². The molecular weight excluding hydrogens is 196 g/mol. The van der Waals surface area contributed by atoms with E-state index in [9.17, 15) is 0 Å². The molecule has 2 rings (SSSR count). The zero-order valence-corrected chi connectivity index (χ0v) is 9.85. The van der Waals surface area contributed by atoms with E-state index in [-0.39, 0.29) is 0 Å². The lowest BCUT2D eigenvalue weighted by atomic mass is 10.1. The first-order valence-corrected chi connectivity index (χ1v) is 5.67. The first-order chi connectivity index (χ1) is 7.81. The minimum Gasteiger partial charge on any atom is -0.347 e. The van der Waals surface area contributed by atoms with Crippen LogP contribution in [0.25, 0.3) is 0 Å². The van der Waals surface area contributed by atoms with Gasteiger partial charge in [0.25, 0.3) is 0 Å². The van der Waals surface area contributed by atoms with Crippen LogP contribution in [0, 0.1) is 0 Å². The van der Waals surface area contributed by atoms with Crippen molar-refractivity contribution < 1.29 is 0 Å². The summed E-state index contributed by atoms with van der Waals surface area (Å²) in [5.41, 5.74) is 2.67. The van der Waals surface area contributed by atoms with Crippen molar-refractivity contribution in [2.24, 2.45) is 0 Å². The quantitative estimate of drug-likeness (QED) is 0.828. The van der Waals surface area contributed by atoms with Gasteiger partial charge >= 0.3 is 0 Å². The molecule has 0 bridgehead atoms. The van der Waals surface area contributed by atoms with Crippen molar-refractivity contribution in [3.05, 3.63) is 59.9 Å². The van der Waals surface area contributed by atoms with Gasteiger partial charge in [-0.15, -0.1) is 0 Å². The SMILES string of the molecule is CNCc1ccn(C(C)c2ccccc2)c1. The molecule has 0 aliphatic carbocycles. The zero-order chi connectivity index (χ0) is 11.4. The molecule has 1 heterocycles. The van der Waals surface area contributed by atoms with Crippen molar-refractivity contribution in [3.8, 4) is 0 Å². The van der Waals surface area contributed by atoms with Gasteiger partial charge in [-0.1, -0.05) is 30.3 Å². The maximum atomic E-state index is 3.16. The highest BCUT2D eigenvalue weighted by atomic mass is 15.0. The molecule has 84 valence electrons. The van der Waals surface area contributed by atoms with Crippen LogP contribution in [0.4, 0.5) is 0 Å². The number of nitrogens with zero attached hydrogens (tertiary/aromatic N) is 1. The number of rotatable bonds is 4. The van der Waals surface area contributed by atoms with Crippen LogP contribution in [0.1, 0.15) is 24.1 Å². The number of benzene rings is 1. The average Bonchev–Trinajstić information content (AvgIpc) is 2.78. The lowest BCUT2D eigenvalue weighted by molar-refractivity contribution is 0.640. The molecule has 0 saturated heterocycles. The third kappa shape index (κ3) is 2.34. The molecule has 1 aromatic heterocycles. The maximum absolute atomic E-state index is 3.16. The molecule has 0 fully saturated rings. The van der Waals surface area contributed by atoms with Gasteiger partial charge < -0.3 is 9.88 Å². The monoisotopic (exact) mass is 214 g/mol. The van der Waals surface area contributed by atoms with Gasteiger partial charge in [0.05, 0.1) is 6.04 Å². The summed E-state index contributed by atoms with van der Waals surface area (Å²) in [4.78, 5) is 0. The summed E-state index contributed by atoms with van der Waals surface area (Å²) in [6.45, 7) is 3.15. The molecule has 1 aromatic carbocycles. The Hall–Kier alpha value is -1.54. The Balaban J connectivity index is 2.17. The minimum absolute atomic E-state index is 0.395. The van der Waals surface area contributed by atoms with E-state index >= 15 is 0 Å². The standard InChI is InChI=1S/C14H18N2/c1-12(14-6-4-3-5-7-14)16-9-8-13(11-16)10-15-2/h3-9,11-12,15H,10H2,1-2H3. The second kappa shape index (κ2) is 4.99. The van der Waals surface area contributed by atoms with Crippen LogP contribution < -0.4 is 5.32 Å². The van der Waals surface area contributed by atoms with Crippen LogP contribution in [0.3, 0.4) is 0 Å². The highest BCUT2D eigenvalue weighted by Crippen LogP contribution is 2.18. The summed E-state index contributed by atoms with van der Waals surface area (Å²) in [6.07, 6.45) is 4.35. The molecule has 1 N–H and O–H groups in total. The second-order valence-electron chi connectivity index (χ2n) is 4.08. The smallest absolute Gasteiger partial charge is 0.0551 e. The normalized spacial score (nSPS) is 12.6. The molecular formula is C14H18N2. The van der Waals surface area contributed by atoms with Crippen LogP contribution in [0.5, 0.6) is 0 Å². The van der Waals surface area contributed by atoms with Crippen molar-refractivity contribution in [3.63, 3.8) is 0 Å². The summed E-state index contributed by atoms with van der Waals surface area (Å²) < 4.78 is 2.25. The van der Waals surface area contributed by atoms with Crippen LogP contribution in [0.15, 0.2) is 48.8 Å². The molecule has 0 spiro atoms. The van der Waals surface area contributed by atoms with Crippen LogP contribution in [-0.2, 0) is 6.54 Å². The molecule has 2 aromatic rings. The van der Waals surface area contributed by atoms with Crippen LogP contribution >= 0.6 is 0 Å². The van der Waals surface area contributed by atoms with Gasteiger partial charge in [0, 0.05) is 18.9 Å². The van der Waals surface area contributed by atoms with Crippen molar-refractivity contribution in [2.45, 2.75) is 19.5 Å². The Morgan fingerprint density at radius 1 is 1.19 bits per heavy atom. The Bertz CT molecular complexity index is 431. The molecule has 0 aliphatic heterocycles. The summed E-state index contributed by atoms with van der Waals surface area (Å²) in [6, 6.07) is 13.1. The number of hydrogen-bond donors (Lipinski definition) is 1. The van der Waals surface area contributed by atoms with Crippen LogP contribution in [0.2, 0.25) is 0 Å². The first kappa shape index (κ1) is 11.0. The fourth-order valence-corrected chi connectivity index (χ4v) is 1.91. The van der Waals surface area contributed by atoms with Gasteiger partial charge in [-0.2, -0.15) is 0 Å². The largest absolute Gasteiger partial charge is 0.347 e. The fourth-order valence-electron chi connectivity index (χ4n) is 1.91. The third-order valence-corrected chi connectivity index (χ3v) is 2.89. The maximum Gasteiger partial charge on any atom is 0.0551 e. The van der Waals surface area contributed by atoms with Gasteiger partial charge in [0.15, 0.2) is 0 Å². The van der Waals surface area contributed by atoms with E-state index < -0.39 is 0 Å². The Morgan fingerprint density at radius 3 is 2.62 bits per heavy atom. The summed E-state index contributed by atoms with van der Waals surface area (Å²) >= 11 is 0. The molecule has 1 atom stereocenters. The number of nitrogens with one attached hydrogen (secondary N) is 1. The Morgan fingerprint density at radius 2 is 1.94 bits per heavy atom. The molecule has 0 radical (unpaired) electrons. The molecule has 0 saturated carbocycles.